The van der Waals surface area contributed by atoms with Gasteiger partial charge in [0.15, 0.2) is 5.78 Å². The van der Waals surface area contributed by atoms with Gasteiger partial charge in [0.2, 0.25) is 0 Å². The third kappa shape index (κ3) is 3.39. The fourth-order valence-electron chi connectivity index (χ4n) is 2.74. The molecule has 0 saturated heterocycles. The minimum absolute atomic E-state index is 0.220. The monoisotopic (exact) mass is 348 g/mol. The Hall–Kier alpha value is -3.28. The summed E-state index contributed by atoms with van der Waals surface area (Å²) in [5.41, 5.74) is 3.19. The molecule has 0 spiro atoms. The predicted molar refractivity (Wildman–Crippen MR) is 102 cm³/mol. The van der Waals surface area contributed by atoms with E-state index in [9.17, 15) is 9.59 Å². The predicted octanol–water partition coefficient (Wildman–Crippen LogP) is 3.58. The summed E-state index contributed by atoms with van der Waals surface area (Å²) in [7, 11) is 0. The molecule has 1 aromatic carbocycles. The van der Waals surface area contributed by atoms with Crippen molar-refractivity contribution in [2.75, 3.05) is 5.32 Å². The first-order valence-electron chi connectivity index (χ1n) is 8.41. The minimum Gasteiger partial charge on any atom is -0.349 e. The Bertz CT molecular complexity index is 993. The summed E-state index contributed by atoms with van der Waals surface area (Å²) in [6, 6.07) is 11.3. The lowest BCUT2D eigenvalue weighted by atomic mass is 10.0. The molecule has 2 heterocycles. The number of Topliss-reactive ketones (excluding diaryl/α,β-unsaturated/α-hetero) is 1. The number of nitrogens with zero attached hydrogens (tertiary/aromatic N) is 3. The van der Waals surface area contributed by atoms with Gasteiger partial charge in [0.05, 0.1) is 17.4 Å². The first-order chi connectivity index (χ1) is 12.5. The molecule has 26 heavy (non-hydrogen) atoms. The molecule has 3 rings (SSSR count). The van der Waals surface area contributed by atoms with E-state index >= 15 is 0 Å². The second-order valence-corrected chi connectivity index (χ2v) is 6.01. The van der Waals surface area contributed by atoms with Crippen molar-refractivity contribution in [3.8, 4) is 11.3 Å². The minimum atomic E-state index is -0.336. The number of hydrogen-bond acceptors (Lipinski definition) is 5. The van der Waals surface area contributed by atoms with Crippen molar-refractivity contribution in [1.82, 2.24) is 14.8 Å². The van der Waals surface area contributed by atoms with Gasteiger partial charge in [-0.1, -0.05) is 29.8 Å². The number of hydrogen-bond donors (Lipinski definition) is 1. The number of anilines is 2. The Balaban J connectivity index is 2.27. The van der Waals surface area contributed by atoms with Gasteiger partial charge in [0, 0.05) is 18.3 Å². The molecular formula is C20H20N4O2. The zero-order valence-electron chi connectivity index (χ0n) is 15.0. The van der Waals surface area contributed by atoms with Gasteiger partial charge < -0.3 is 5.32 Å². The van der Waals surface area contributed by atoms with Gasteiger partial charge in [0.1, 0.15) is 11.4 Å². The summed E-state index contributed by atoms with van der Waals surface area (Å²) < 4.78 is 1.36. The lowest BCUT2D eigenvalue weighted by molar-refractivity contribution is 0.101. The van der Waals surface area contributed by atoms with Crippen molar-refractivity contribution in [2.45, 2.75) is 27.3 Å². The maximum Gasteiger partial charge on any atom is 0.291 e. The molecule has 132 valence electrons. The van der Waals surface area contributed by atoms with E-state index in [2.05, 4.69) is 15.4 Å². The number of rotatable bonds is 5. The first-order valence-corrected chi connectivity index (χ1v) is 8.41. The summed E-state index contributed by atoms with van der Waals surface area (Å²) in [4.78, 5) is 29.3. The SMILES string of the molecule is CCn1nc(-c2ccc(C)cc2)c(C(C)=O)c(Nc2cccnc2)c1=O. The molecule has 0 bridgehead atoms. The topological polar surface area (TPSA) is 76.9 Å². The average Bonchev–Trinajstić information content (AvgIpc) is 2.64. The molecule has 0 radical (unpaired) electrons. The summed E-state index contributed by atoms with van der Waals surface area (Å²) in [6.07, 6.45) is 3.25. The van der Waals surface area contributed by atoms with Crippen LogP contribution in [0.5, 0.6) is 0 Å². The second-order valence-electron chi connectivity index (χ2n) is 6.01. The van der Waals surface area contributed by atoms with Crippen LogP contribution in [-0.2, 0) is 6.54 Å². The number of aryl methyl sites for hydroxylation is 2. The standard InChI is InChI=1S/C20H20N4O2/c1-4-24-20(26)19(22-16-6-5-11-21-12-16)17(14(3)25)18(23-24)15-9-7-13(2)8-10-15/h5-12,22H,4H2,1-3H3. The van der Waals surface area contributed by atoms with Crippen LogP contribution in [0.25, 0.3) is 11.3 Å². The zero-order valence-corrected chi connectivity index (χ0v) is 15.0. The Morgan fingerprint density at radius 1 is 1.19 bits per heavy atom. The number of aromatic nitrogens is 3. The number of nitrogens with one attached hydrogen (secondary N) is 1. The van der Waals surface area contributed by atoms with Gasteiger partial charge >= 0.3 is 0 Å². The first kappa shape index (κ1) is 17.5. The van der Waals surface area contributed by atoms with Crippen LogP contribution in [-0.4, -0.2) is 20.5 Å². The molecular weight excluding hydrogens is 328 g/mol. The lowest BCUT2D eigenvalue weighted by Gasteiger charge is -2.16. The maximum atomic E-state index is 12.8. The summed E-state index contributed by atoms with van der Waals surface area (Å²) in [5.74, 6) is -0.222. The number of benzene rings is 1. The van der Waals surface area contributed by atoms with E-state index in [0.29, 0.717) is 17.9 Å². The normalized spacial score (nSPS) is 10.6. The van der Waals surface area contributed by atoms with Gasteiger partial charge in [-0.15, -0.1) is 0 Å². The van der Waals surface area contributed by atoms with Crippen molar-refractivity contribution in [3.63, 3.8) is 0 Å². The van der Waals surface area contributed by atoms with E-state index in [-0.39, 0.29) is 22.6 Å². The van der Waals surface area contributed by atoms with E-state index in [1.807, 2.05) is 38.1 Å². The molecule has 0 aliphatic rings. The lowest BCUT2D eigenvalue weighted by Crippen LogP contribution is -2.28. The smallest absolute Gasteiger partial charge is 0.291 e. The molecule has 0 saturated carbocycles. The second kappa shape index (κ2) is 7.31. The van der Waals surface area contributed by atoms with Crippen LogP contribution in [0.15, 0.2) is 53.6 Å². The fraction of sp³-hybridized carbons (Fsp3) is 0.200. The third-order valence-corrected chi connectivity index (χ3v) is 4.06. The molecule has 3 aromatic rings. The molecule has 0 amide bonds. The number of carbonyl (C=O) groups is 1. The van der Waals surface area contributed by atoms with Crippen molar-refractivity contribution in [3.05, 3.63) is 70.3 Å². The third-order valence-electron chi connectivity index (χ3n) is 4.06. The Morgan fingerprint density at radius 3 is 2.50 bits per heavy atom. The van der Waals surface area contributed by atoms with Crippen molar-refractivity contribution in [1.29, 1.82) is 0 Å². The van der Waals surface area contributed by atoms with Gasteiger partial charge in [-0.25, -0.2) is 4.68 Å². The average molecular weight is 348 g/mol. The van der Waals surface area contributed by atoms with Gasteiger partial charge in [-0.05, 0) is 32.9 Å². The molecule has 0 atom stereocenters. The maximum absolute atomic E-state index is 12.8. The Kier molecular flexibility index (Phi) is 4.93. The van der Waals surface area contributed by atoms with Crippen LogP contribution in [0, 0.1) is 6.92 Å². The van der Waals surface area contributed by atoms with E-state index < -0.39 is 0 Å². The van der Waals surface area contributed by atoms with E-state index in [1.54, 1.807) is 24.5 Å². The van der Waals surface area contributed by atoms with Gasteiger partial charge in [0.25, 0.3) is 5.56 Å². The summed E-state index contributed by atoms with van der Waals surface area (Å²) in [5, 5.41) is 7.50. The highest BCUT2D eigenvalue weighted by atomic mass is 16.1. The molecule has 6 heteroatoms. The molecule has 0 unspecified atom stereocenters. The highest BCUT2D eigenvalue weighted by Crippen LogP contribution is 2.27. The quantitative estimate of drug-likeness (QED) is 0.713. The van der Waals surface area contributed by atoms with Crippen molar-refractivity contribution in [2.24, 2.45) is 0 Å². The zero-order chi connectivity index (χ0) is 18.7. The molecule has 6 nitrogen and oxygen atoms in total. The fourth-order valence-corrected chi connectivity index (χ4v) is 2.74. The van der Waals surface area contributed by atoms with Crippen LogP contribution >= 0.6 is 0 Å². The largest absolute Gasteiger partial charge is 0.349 e. The van der Waals surface area contributed by atoms with Crippen LogP contribution in [0.3, 0.4) is 0 Å². The number of ketones is 1. The van der Waals surface area contributed by atoms with E-state index in [4.69, 9.17) is 0 Å². The highest BCUT2D eigenvalue weighted by Gasteiger charge is 2.21. The van der Waals surface area contributed by atoms with Gasteiger partial charge in [-0.3, -0.25) is 14.6 Å². The molecule has 0 fully saturated rings. The molecule has 1 N–H and O–H groups in total. The van der Waals surface area contributed by atoms with Crippen LogP contribution in [0.2, 0.25) is 0 Å². The van der Waals surface area contributed by atoms with Crippen LogP contribution in [0.1, 0.15) is 29.8 Å². The van der Waals surface area contributed by atoms with Crippen LogP contribution in [0.4, 0.5) is 11.4 Å². The molecule has 0 aliphatic carbocycles. The number of carbonyl (C=O) groups excluding carboxylic acids is 1. The summed E-state index contributed by atoms with van der Waals surface area (Å²) in [6.45, 7) is 5.68. The van der Waals surface area contributed by atoms with Crippen molar-refractivity contribution >= 4 is 17.2 Å². The van der Waals surface area contributed by atoms with Crippen LogP contribution < -0.4 is 10.9 Å². The highest BCUT2D eigenvalue weighted by molar-refractivity contribution is 6.05. The molecule has 2 aromatic heterocycles. The number of pyridine rings is 1. The van der Waals surface area contributed by atoms with E-state index in [0.717, 1.165) is 11.1 Å². The Labute approximate surface area is 151 Å². The van der Waals surface area contributed by atoms with Crippen molar-refractivity contribution < 1.29 is 4.79 Å². The Morgan fingerprint density at radius 2 is 1.92 bits per heavy atom. The van der Waals surface area contributed by atoms with E-state index in [1.165, 1.54) is 11.6 Å². The summed E-state index contributed by atoms with van der Waals surface area (Å²) >= 11 is 0. The molecule has 0 aliphatic heterocycles. The van der Waals surface area contributed by atoms with Gasteiger partial charge in [-0.2, -0.15) is 5.10 Å².